The molecule has 0 saturated heterocycles. The van der Waals surface area contributed by atoms with Crippen molar-refractivity contribution in [2.45, 2.75) is 32.7 Å². The zero-order valence-electron chi connectivity index (χ0n) is 10.9. The number of methoxy groups -OCH3 is 1. The third kappa shape index (κ3) is 3.62. The van der Waals surface area contributed by atoms with Gasteiger partial charge in [0, 0.05) is 11.1 Å². The number of carbonyl (C=O) groups is 1. The Morgan fingerprint density at radius 1 is 1.56 bits per heavy atom. The number of benzene rings is 1. The van der Waals surface area contributed by atoms with E-state index in [1.807, 2.05) is 13.8 Å². The number of rotatable bonds is 5. The number of aryl methyl sites for hydroxylation is 1. The molecule has 0 saturated carbocycles. The molecular weight excluding hydrogens is 252 g/mol. The van der Waals surface area contributed by atoms with Gasteiger partial charge < -0.3 is 15.8 Å². The molecule has 0 radical (unpaired) electrons. The third-order valence-electron chi connectivity index (χ3n) is 2.68. The van der Waals surface area contributed by atoms with E-state index in [0.29, 0.717) is 22.9 Å². The molecule has 0 aliphatic heterocycles. The lowest BCUT2D eigenvalue weighted by atomic mass is 10.1. The summed E-state index contributed by atoms with van der Waals surface area (Å²) in [6.45, 7) is 3.85. The van der Waals surface area contributed by atoms with Gasteiger partial charge in [-0.2, -0.15) is 0 Å². The molecule has 0 aromatic heterocycles. The largest absolute Gasteiger partial charge is 0.495 e. The van der Waals surface area contributed by atoms with E-state index >= 15 is 0 Å². The first-order valence-electron chi connectivity index (χ1n) is 5.90. The lowest BCUT2D eigenvalue weighted by Crippen LogP contribution is -2.35. The molecule has 0 heterocycles. The number of halogens is 1. The SMILES string of the molecule is CCC[C@H](N)C(=O)Nc1cc(C)c(Cl)cc1OC. The number of nitrogens with two attached hydrogens (primary N) is 1. The molecule has 18 heavy (non-hydrogen) atoms. The van der Waals surface area contributed by atoms with Crippen LogP contribution in [0.25, 0.3) is 0 Å². The maximum Gasteiger partial charge on any atom is 0.241 e. The molecular formula is C13H19ClN2O2. The summed E-state index contributed by atoms with van der Waals surface area (Å²) in [5.41, 5.74) is 7.22. The summed E-state index contributed by atoms with van der Waals surface area (Å²) in [5, 5.41) is 3.37. The topological polar surface area (TPSA) is 64.4 Å². The number of carbonyl (C=O) groups excluding carboxylic acids is 1. The minimum Gasteiger partial charge on any atom is -0.495 e. The van der Waals surface area contributed by atoms with Crippen LogP contribution in [0.4, 0.5) is 5.69 Å². The average molecular weight is 271 g/mol. The Bertz CT molecular complexity index is 435. The first-order chi connectivity index (χ1) is 8.49. The van der Waals surface area contributed by atoms with Gasteiger partial charge in [-0.25, -0.2) is 0 Å². The first-order valence-corrected chi connectivity index (χ1v) is 6.28. The highest BCUT2D eigenvalue weighted by atomic mass is 35.5. The van der Waals surface area contributed by atoms with Gasteiger partial charge in [-0.15, -0.1) is 0 Å². The second-order valence-electron chi connectivity index (χ2n) is 4.19. The second kappa shape index (κ2) is 6.61. The summed E-state index contributed by atoms with van der Waals surface area (Å²) in [6.07, 6.45) is 1.52. The summed E-state index contributed by atoms with van der Waals surface area (Å²) in [5.74, 6) is 0.319. The molecule has 1 rings (SSSR count). The lowest BCUT2D eigenvalue weighted by molar-refractivity contribution is -0.117. The van der Waals surface area contributed by atoms with Crippen molar-refractivity contribution in [3.63, 3.8) is 0 Å². The number of anilines is 1. The van der Waals surface area contributed by atoms with Crippen LogP contribution in [-0.4, -0.2) is 19.1 Å². The van der Waals surface area contributed by atoms with E-state index in [-0.39, 0.29) is 5.91 Å². The van der Waals surface area contributed by atoms with Crippen LogP contribution in [0.5, 0.6) is 5.75 Å². The minimum absolute atomic E-state index is 0.211. The Balaban J connectivity index is 2.90. The highest BCUT2D eigenvalue weighted by Gasteiger charge is 2.15. The van der Waals surface area contributed by atoms with E-state index in [2.05, 4.69) is 5.32 Å². The van der Waals surface area contributed by atoms with Crippen LogP contribution in [0, 0.1) is 6.92 Å². The fraction of sp³-hybridized carbons (Fsp3) is 0.462. The maximum atomic E-state index is 11.8. The van der Waals surface area contributed by atoms with E-state index in [1.165, 1.54) is 7.11 Å². The quantitative estimate of drug-likeness (QED) is 0.865. The van der Waals surface area contributed by atoms with Crippen molar-refractivity contribution < 1.29 is 9.53 Å². The van der Waals surface area contributed by atoms with E-state index in [0.717, 1.165) is 12.0 Å². The van der Waals surface area contributed by atoms with Gasteiger partial charge in [0.15, 0.2) is 0 Å². The Morgan fingerprint density at radius 3 is 2.78 bits per heavy atom. The van der Waals surface area contributed by atoms with Crippen molar-refractivity contribution in [1.82, 2.24) is 0 Å². The maximum absolute atomic E-state index is 11.8. The van der Waals surface area contributed by atoms with Gasteiger partial charge in [0.2, 0.25) is 5.91 Å². The van der Waals surface area contributed by atoms with E-state index < -0.39 is 6.04 Å². The van der Waals surface area contributed by atoms with Crippen LogP contribution in [0.2, 0.25) is 5.02 Å². The molecule has 1 atom stereocenters. The number of amides is 1. The summed E-state index contributed by atoms with van der Waals surface area (Å²) < 4.78 is 5.18. The Labute approximate surface area is 112 Å². The molecule has 3 N–H and O–H groups in total. The van der Waals surface area contributed by atoms with Crippen LogP contribution in [0.15, 0.2) is 12.1 Å². The predicted molar refractivity (Wildman–Crippen MR) is 74.3 cm³/mol. The fourth-order valence-electron chi connectivity index (χ4n) is 1.60. The molecule has 5 heteroatoms. The monoisotopic (exact) mass is 270 g/mol. The van der Waals surface area contributed by atoms with E-state index in [1.54, 1.807) is 12.1 Å². The van der Waals surface area contributed by atoms with Crippen LogP contribution in [0.1, 0.15) is 25.3 Å². The van der Waals surface area contributed by atoms with Gasteiger partial charge in [0.25, 0.3) is 0 Å². The molecule has 1 aromatic carbocycles. The fourth-order valence-corrected chi connectivity index (χ4v) is 1.75. The van der Waals surface area contributed by atoms with Crippen LogP contribution >= 0.6 is 11.6 Å². The average Bonchev–Trinajstić information content (AvgIpc) is 2.33. The van der Waals surface area contributed by atoms with Crippen molar-refractivity contribution in [2.24, 2.45) is 5.73 Å². The highest BCUT2D eigenvalue weighted by molar-refractivity contribution is 6.31. The zero-order valence-corrected chi connectivity index (χ0v) is 11.7. The molecule has 0 spiro atoms. The Kier molecular flexibility index (Phi) is 5.44. The molecule has 0 aliphatic carbocycles. The first kappa shape index (κ1) is 14.8. The number of nitrogens with one attached hydrogen (secondary N) is 1. The van der Waals surface area contributed by atoms with E-state index in [9.17, 15) is 4.79 Å². The summed E-state index contributed by atoms with van der Waals surface area (Å²) in [7, 11) is 1.53. The summed E-state index contributed by atoms with van der Waals surface area (Å²) in [4.78, 5) is 11.8. The molecule has 4 nitrogen and oxygen atoms in total. The van der Waals surface area contributed by atoms with Crippen molar-refractivity contribution in [2.75, 3.05) is 12.4 Å². The van der Waals surface area contributed by atoms with Crippen molar-refractivity contribution in [3.05, 3.63) is 22.7 Å². The van der Waals surface area contributed by atoms with Gasteiger partial charge in [0.1, 0.15) is 5.75 Å². The van der Waals surface area contributed by atoms with Crippen LogP contribution in [0.3, 0.4) is 0 Å². The highest BCUT2D eigenvalue weighted by Crippen LogP contribution is 2.30. The Hall–Kier alpha value is -1.26. The molecule has 0 unspecified atom stereocenters. The van der Waals surface area contributed by atoms with Gasteiger partial charge >= 0.3 is 0 Å². The zero-order chi connectivity index (χ0) is 13.7. The molecule has 1 aromatic rings. The number of hydrogen-bond donors (Lipinski definition) is 2. The van der Waals surface area contributed by atoms with E-state index in [4.69, 9.17) is 22.1 Å². The van der Waals surface area contributed by atoms with Gasteiger partial charge in [-0.3, -0.25) is 4.79 Å². The second-order valence-corrected chi connectivity index (χ2v) is 4.59. The molecule has 1 amide bonds. The van der Waals surface area contributed by atoms with Crippen molar-refractivity contribution >= 4 is 23.2 Å². The van der Waals surface area contributed by atoms with Gasteiger partial charge in [0.05, 0.1) is 18.8 Å². The summed E-state index contributed by atoms with van der Waals surface area (Å²) in [6, 6.07) is 2.95. The molecule has 0 aliphatic rings. The minimum atomic E-state index is -0.504. The smallest absolute Gasteiger partial charge is 0.241 e. The standard InChI is InChI=1S/C13H19ClN2O2/c1-4-5-10(15)13(17)16-11-6-8(2)9(14)7-12(11)18-3/h6-7,10H,4-5,15H2,1-3H3,(H,16,17)/t10-/m0/s1. The molecule has 100 valence electrons. The Morgan fingerprint density at radius 2 is 2.22 bits per heavy atom. The van der Waals surface area contributed by atoms with Crippen molar-refractivity contribution in [1.29, 1.82) is 0 Å². The summed E-state index contributed by atoms with van der Waals surface area (Å²) >= 11 is 6.00. The molecule has 0 fully saturated rings. The van der Waals surface area contributed by atoms with Crippen LogP contribution < -0.4 is 15.8 Å². The number of hydrogen-bond acceptors (Lipinski definition) is 3. The van der Waals surface area contributed by atoms with Crippen molar-refractivity contribution in [3.8, 4) is 5.75 Å². The lowest BCUT2D eigenvalue weighted by Gasteiger charge is -2.15. The predicted octanol–water partition coefficient (Wildman–Crippen LogP) is 2.72. The molecule has 0 bridgehead atoms. The van der Waals surface area contributed by atoms with Crippen LogP contribution in [-0.2, 0) is 4.79 Å². The van der Waals surface area contributed by atoms with Gasteiger partial charge in [-0.1, -0.05) is 24.9 Å². The van der Waals surface area contributed by atoms with Gasteiger partial charge in [-0.05, 0) is 25.0 Å². The third-order valence-corrected chi connectivity index (χ3v) is 3.08. The number of ether oxygens (including phenoxy) is 1. The normalized spacial score (nSPS) is 12.1.